The van der Waals surface area contributed by atoms with Crippen molar-refractivity contribution in [2.24, 2.45) is 0 Å². The molecule has 1 aromatic rings. The predicted molar refractivity (Wildman–Crippen MR) is 45.2 cm³/mol. The Hall–Kier alpha value is -0.830. The summed E-state index contributed by atoms with van der Waals surface area (Å²) in [6.45, 7) is 0. The van der Waals surface area contributed by atoms with Crippen LogP contribution in [0, 0.1) is 0 Å². The second-order valence-corrected chi connectivity index (χ2v) is 4.29. The highest BCUT2D eigenvalue weighted by molar-refractivity contribution is 8.01. The summed E-state index contributed by atoms with van der Waals surface area (Å²) in [6, 6.07) is 0. The van der Waals surface area contributed by atoms with Crippen LogP contribution in [0.1, 0.15) is 9.80 Å². The Balaban J connectivity index is 2.74. The third kappa shape index (κ3) is 3.14. The van der Waals surface area contributed by atoms with Crippen molar-refractivity contribution in [3.8, 4) is 0 Å². The van der Waals surface area contributed by atoms with Crippen LogP contribution in [0.25, 0.3) is 0 Å². The standard InChI is InChI=1S/C5H4F3N3OS2/c1-9-2(12)3-10-11-4(13-3)14-5(6,7)8/h1H3,(H,9,12). The van der Waals surface area contributed by atoms with Crippen LogP contribution in [0.5, 0.6) is 0 Å². The van der Waals surface area contributed by atoms with Crippen LogP contribution >= 0.6 is 23.1 Å². The summed E-state index contributed by atoms with van der Waals surface area (Å²) in [5.41, 5.74) is -4.40. The quantitative estimate of drug-likeness (QED) is 0.800. The first-order chi connectivity index (χ1) is 6.42. The molecule has 0 radical (unpaired) electrons. The highest BCUT2D eigenvalue weighted by Gasteiger charge is 2.31. The first-order valence-electron chi connectivity index (χ1n) is 3.23. The van der Waals surface area contributed by atoms with Crippen molar-refractivity contribution in [3.05, 3.63) is 5.01 Å². The number of alkyl halides is 3. The molecule has 78 valence electrons. The van der Waals surface area contributed by atoms with Gasteiger partial charge in [0.15, 0.2) is 4.34 Å². The van der Waals surface area contributed by atoms with Crippen LogP contribution in [0.2, 0.25) is 0 Å². The molecule has 4 nitrogen and oxygen atoms in total. The van der Waals surface area contributed by atoms with Gasteiger partial charge < -0.3 is 5.32 Å². The summed E-state index contributed by atoms with van der Waals surface area (Å²) in [7, 11) is 1.36. The fourth-order valence-electron chi connectivity index (χ4n) is 0.549. The molecule has 1 N–H and O–H groups in total. The van der Waals surface area contributed by atoms with E-state index in [9.17, 15) is 18.0 Å². The fourth-order valence-corrected chi connectivity index (χ4v) is 2.04. The van der Waals surface area contributed by atoms with Gasteiger partial charge in [-0.3, -0.25) is 4.79 Å². The number of halogens is 3. The van der Waals surface area contributed by atoms with Gasteiger partial charge in [-0.2, -0.15) is 13.2 Å². The topological polar surface area (TPSA) is 54.9 Å². The number of nitrogens with one attached hydrogen (secondary N) is 1. The molecule has 1 heterocycles. The lowest BCUT2D eigenvalue weighted by atomic mass is 10.6. The monoisotopic (exact) mass is 243 g/mol. The molecule has 0 aliphatic carbocycles. The lowest BCUT2D eigenvalue weighted by Crippen LogP contribution is -2.17. The molecule has 1 rings (SSSR count). The van der Waals surface area contributed by atoms with Crippen molar-refractivity contribution >= 4 is 29.0 Å². The van der Waals surface area contributed by atoms with E-state index in [1.54, 1.807) is 0 Å². The van der Waals surface area contributed by atoms with Crippen molar-refractivity contribution < 1.29 is 18.0 Å². The Morgan fingerprint density at radius 3 is 2.64 bits per heavy atom. The molecule has 0 spiro atoms. The van der Waals surface area contributed by atoms with Gasteiger partial charge in [0.25, 0.3) is 5.91 Å². The van der Waals surface area contributed by atoms with Crippen molar-refractivity contribution in [2.45, 2.75) is 9.85 Å². The van der Waals surface area contributed by atoms with Crippen LogP contribution < -0.4 is 5.32 Å². The fraction of sp³-hybridized carbons (Fsp3) is 0.400. The van der Waals surface area contributed by atoms with Gasteiger partial charge in [0.1, 0.15) is 0 Å². The average Bonchev–Trinajstić information content (AvgIpc) is 2.48. The minimum Gasteiger partial charge on any atom is -0.353 e. The summed E-state index contributed by atoms with van der Waals surface area (Å²) in [4.78, 5) is 10.9. The number of amides is 1. The number of hydrogen-bond acceptors (Lipinski definition) is 5. The van der Waals surface area contributed by atoms with Crippen LogP contribution in [-0.2, 0) is 0 Å². The molecule has 0 aromatic carbocycles. The van der Waals surface area contributed by atoms with Gasteiger partial charge in [0.2, 0.25) is 5.01 Å². The Bertz CT molecular complexity index is 337. The van der Waals surface area contributed by atoms with Gasteiger partial charge >= 0.3 is 5.51 Å². The number of carbonyl (C=O) groups excluding carboxylic acids is 1. The summed E-state index contributed by atoms with van der Waals surface area (Å²) >= 11 is 0.216. The largest absolute Gasteiger partial charge is 0.448 e. The maximum absolute atomic E-state index is 11.8. The zero-order valence-electron chi connectivity index (χ0n) is 6.75. The molecule has 0 unspecified atom stereocenters. The molecule has 0 aliphatic rings. The van der Waals surface area contributed by atoms with Crippen LogP contribution in [0.15, 0.2) is 4.34 Å². The van der Waals surface area contributed by atoms with E-state index in [1.807, 2.05) is 0 Å². The number of carbonyl (C=O) groups is 1. The lowest BCUT2D eigenvalue weighted by molar-refractivity contribution is -0.0328. The number of rotatable bonds is 2. The molecule has 0 saturated heterocycles. The molecular weight excluding hydrogens is 239 g/mol. The van der Waals surface area contributed by atoms with E-state index in [4.69, 9.17) is 0 Å². The molecule has 14 heavy (non-hydrogen) atoms. The van der Waals surface area contributed by atoms with Crippen molar-refractivity contribution in [3.63, 3.8) is 0 Å². The Kier molecular flexibility index (Phi) is 3.32. The second-order valence-electron chi connectivity index (χ2n) is 2.00. The van der Waals surface area contributed by atoms with Crippen LogP contribution in [0.4, 0.5) is 13.2 Å². The number of nitrogens with zero attached hydrogens (tertiary/aromatic N) is 2. The van der Waals surface area contributed by atoms with E-state index in [1.165, 1.54) is 7.05 Å². The summed E-state index contributed by atoms with van der Waals surface area (Å²) in [5.74, 6) is -0.545. The minimum absolute atomic E-state index is 0.0840. The second kappa shape index (κ2) is 4.13. The maximum Gasteiger partial charge on any atom is 0.448 e. The Morgan fingerprint density at radius 2 is 2.14 bits per heavy atom. The van der Waals surface area contributed by atoms with Gasteiger partial charge in [-0.1, -0.05) is 11.3 Å². The van der Waals surface area contributed by atoms with E-state index in [2.05, 4.69) is 15.5 Å². The van der Waals surface area contributed by atoms with Gasteiger partial charge in [0.05, 0.1) is 0 Å². The first kappa shape index (κ1) is 11.2. The molecular formula is C5H4F3N3OS2. The average molecular weight is 243 g/mol. The summed E-state index contributed by atoms with van der Waals surface area (Å²) < 4.78 is 35.2. The van der Waals surface area contributed by atoms with Crippen molar-refractivity contribution in [1.29, 1.82) is 0 Å². The minimum atomic E-state index is -4.40. The number of aromatic nitrogens is 2. The normalized spacial score (nSPS) is 11.4. The van der Waals surface area contributed by atoms with E-state index >= 15 is 0 Å². The lowest BCUT2D eigenvalue weighted by Gasteiger charge is -1.99. The third-order valence-corrected chi connectivity index (χ3v) is 2.74. The maximum atomic E-state index is 11.8. The van der Waals surface area contributed by atoms with Gasteiger partial charge in [0, 0.05) is 18.8 Å². The van der Waals surface area contributed by atoms with Crippen molar-refractivity contribution in [1.82, 2.24) is 15.5 Å². The molecule has 1 amide bonds. The number of thioether (sulfide) groups is 1. The van der Waals surface area contributed by atoms with E-state index in [0.717, 1.165) is 0 Å². The molecule has 0 fully saturated rings. The van der Waals surface area contributed by atoms with E-state index < -0.39 is 11.4 Å². The van der Waals surface area contributed by atoms with Gasteiger partial charge in [-0.25, -0.2) is 0 Å². The predicted octanol–water partition coefficient (Wildman–Crippen LogP) is 1.51. The SMILES string of the molecule is CNC(=O)c1nnc(SC(F)(F)F)s1. The highest BCUT2D eigenvalue weighted by Crippen LogP contribution is 2.37. The van der Waals surface area contributed by atoms with Crippen molar-refractivity contribution in [2.75, 3.05) is 7.05 Å². The summed E-state index contributed by atoms with van der Waals surface area (Å²) in [6.07, 6.45) is 0. The molecule has 0 bridgehead atoms. The summed E-state index contributed by atoms with van der Waals surface area (Å²) in [5, 5.41) is 8.68. The highest BCUT2D eigenvalue weighted by atomic mass is 32.2. The molecule has 9 heteroatoms. The molecule has 1 aromatic heterocycles. The molecule has 0 atom stereocenters. The Morgan fingerprint density at radius 1 is 1.50 bits per heavy atom. The van der Waals surface area contributed by atoms with Gasteiger partial charge in [-0.05, 0) is 0 Å². The smallest absolute Gasteiger partial charge is 0.353 e. The third-order valence-electron chi connectivity index (χ3n) is 1.03. The Labute approximate surface area is 84.9 Å². The number of hydrogen-bond donors (Lipinski definition) is 1. The van der Waals surface area contributed by atoms with E-state index in [0.29, 0.717) is 11.3 Å². The van der Waals surface area contributed by atoms with Gasteiger partial charge in [-0.15, -0.1) is 10.2 Å². The van der Waals surface area contributed by atoms with E-state index in [-0.39, 0.29) is 21.1 Å². The zero-order valence-corrected chi connectivity index (χ0v) is 8.39. The molecule has 0 aliphatic heterocycles. The zero-order chi connectivity index (χ0) is 10.8. The first-order valence-corrected chi connectivity index (χ1v) is 4.87. The molecule has 0 saturated carbocycles. The van der Waals surface area contributed by atoms with Crippen LogP contribution in [-0.4, -0.2) is 28.7 Å². The van der Waals surface area contributed by atoms with Crippen LogP contribution in [0.3, 0.4) is 0 Å².